The van der Waals surface area contributed by atoms with Crippen molar-refractivity contribution in [1.29, 1.82) is 0 Å². The smallest absolute Gasteiger partial charge is 0.246 e. The van der Waals surface area contributed by atoms with Gasteiger partial charge in [-0.05, 0) is 25.8 Å². The van der Waals surface area contributed by atoms with E-state index in [1.54, 1.807) is 6.08 Å². The normalized spacial score (nSPS) is 16.6. The van der Waals surface area contributed by atoms with Gasteiger partial charge in [0.2, 0.25) is 5.91 Å². The van der Waals surface area contributed by atoms with Crippen LogP contribution in [0.3, 0.4) is 0 Å². The van der Waals surface area contributed by atoms with Crippen molar-refractivity contribution in [3.05, 3.63) is 47.5 Å². The Morgan fingerprint density at radius 3 is 2.55 bits per heavy atom. The molecule has 3 nitrogen and oxygen atoms in total. The van der Waals surface area contributed by atoms with Crippen molar-refractivity contribution in [3.8, 4) is 0 Å². The number of amides is 1. The van der Waals surface area contributed by atoms with Gasteiger partial charge in [0.05, 0.1) is 0 Å². The fraction of sp³-hybridized carbons (Fsp3) is 0.471. The average molecular weight is 272 g/mol. The molecule has 0 aromatic heterocycles. The lowest BCUT2D eigenvalue weighted by molar-refractivity contribution is -0.125. The fourth-order valence-electron chi connectivity index (χ4n) is 2.53. The Morgan fingerprint density at radius 2 is 1.85 bits per heavy atom. The van der Waals surface area contributed by atoms with Crippen molar-refractivity contribution >= 4 is 5.91 Å². The Bertz CT molecular complexity index is 463. The molecule has 1 amide bonds. The largest absolute Gasteiger partial charge is 0.338 e. The molecule has 1 aliphatic rings. The number of benzene rings is 1. The van der Waals surface area contributed by atoms with E-state index in [9.17, 15) is 4.79 Å². The minimum Gasteiger partial charge on any atom is -0.338 e. The Labute approximate surface area is 121 Å². The number of allylic oxidation sites excluding steroid dienone is 1. The minimum absolute atomic E-state index is 0.159. The van der Waals surface area contributed by atoms with E-state index in [1.165, 1.54) is 5.56 Å². The van der Waals surface area contributed by atoms with Crippen LogP contribution in [0.2, 0.25) is 0 Å². The summed E-state index contributed by atoms with van der Waals surface area (Å²) in [6, 6.07) is 10.5. The third kappa shape index (κ3) is 4.49. The van der Waals surface area contributed by atoms with Crippen molar-refractivity contribution in [2.24, 2.45) is 0 Å². The number of hydrogen-bond donors (Lipinski definition) is 0. The molecule has 108 valence electrons. The topological polar surface area (TPSA) is 23.6 Å². The number of rotatable bonds is 3. The highest BCUT2D eigenvalue weighted by molar-refractivity contribution is 5.88. The zero-order valence-electron chi connectivity index (χ0n) is 12.5. The van der Waals surface area contributed by atoms with Crippen molar-refractivity contribution < 1.29 is 4.79 Å². The molecule has 0 unspecified atom stereocenters. The van der Waals surface area contributed by atoms with Gasteiger partial charge in [-0.3, -0.25) is 9.69 Å². The van der Waals surface area contributed by atoms with Crippen LogP contribution in [0.1, 0.15) is 25.8 Å². The lowest BCUT2D eigenvalue weighted by Crippen LogP contribution is -2.34. The summed E-state index contributed by atoms with van der Waals surface area (Å²) >= 11 is 0. The quantitative estimate of drug-likeness (QED) is 0.790. The molecule has 1 saturated heterocycles. The average Bonchev–Trinajstić information content (AvgIpc) is 2.65. The molecule has 2 rings (SSSR count). The Hall–Kier alpha value is -1.61. The van der Waals surface area contributed by atoms with Crippen molar-refractivity contribution in [2.75, 3.05) is 26.2 Å². The molecule has 1 heterocycles. The van der Waals surface area contributed by atoms with Gasteiger partial charge in [-0.1, -0.05) is 35.9 Å². The van der Waals surface area contributed by atoms with Gasteiger partial charge in [0.15, 0.2) is 0 Å². The maximum atomic E-state index is 12.1. The molecule has 1 fully saturated rings. The summed E-state index contributed by atoms with van der Waals surface area (Å²) in [5.41, 5.74) is 2.41. The lowest BCUT2D eigenvalue weighted by atomic mass is 10.2. The Balaban J connectivity index is 1.89. The van der Waals surface area contributed by atoms with Crippen LogP contribution in [-0.2, 0) is 11.3 Å². The molecule has 0 saturated carbocycles. The first-order chi connectivity index (χ1) is 9.65. The molecule has 0 aliphatic carbocycles. The van der Waals surface area contributed by atoms with E-state index in [0.717, 1.165) is 44.7 Å². The maximum Gasteiger partial charge on any atom is 0.246 e. The molecule has 1 aromatic carbocycles. The lowest BCUT2D eigenvalue weighted by Gasteiger charge is -2.21. The predicted molar refractivity (Wildman–Crippen MR) is 82.3 cm³/mol. The number of carbonyl (C=O) groups is 1. The molecular weight excluding hydrogens is 248 g/mol. The maximum absolute atomic E-state index is 12.1. The van der Waals surface area contributed by atoms with E-state index >= 15 is 0 Å². The summed E-state index contributed by atoms with van der Waals surface area (Å²) < 4.78 is 0. The zero-order valence-corrected chi connectivity index (χ0v) is 12.5. The minimum atomic E-state index is 0.159. The molecule has 0 N–H and O–H groups in total. The molecule has 1 aromatic rings. The van der Waals surface area contributed by atoms with Crippen LogP contribution in [0.15, 0.2) is 42.0 Å². The van der Waals surface area contributed by atoms with E-state index < -0.39 is 0 Å². The number of hydrogen-bond acceptors (Lipinski definition) is 2. The van der Waals surface area contributed by atoms with Crippen molar-refractivity contribution in [1.82, 2.24) is 9.80 Å². The van der Waals surface area contributed by atoms with Crippen LogP contribution in [0.4, 0.5) is 0 Å². The van der Waals surface area contributed by atoms with Gasteiger partial charge in [-0.2, -0.15) is 0 Å². The van der Waals surface area contributed by atoms with Gasteiger partial charge in [0.25, 0.3) is 0 Å². The monoisotopic (exact) mass is 272 g/mol. The summed E-state index contributed by atoms with van der Waals surface area (Å²) in [5.74, 6) is 0.159. The zero-order chi connectivity index (χ0) is 14.4. The molecule has 1 aliphatic heterocycles. The summed E-state index contributed by atoms with van der Waals surface area (Å²) in [5, 5.41) is 0. The van der Waals surface area contributed by atoms with Crippen LogP contribution >= 0.6 is 0 Å². The first kappa shape index (κ1) is 14.8. The Kier molecular flexibility index (Phi) is 5.36. The van der Waals surface area contributed by atoms with Crippen LogP contribution in [0.25, 0.3) is 0 Å². The van der Waals surface area contributed by atoms with Crippen LogP contribution in [0, 0.1) is 0 Å². The second-order valence-electron chi connectivity index (χ2n) is 5.66. The van der Waals surface area contributed by atoms with Gasteiger partial charge in [-0.15, -0.1) is 0 Å². The van der Waals surface area contributed by atoms with Crippen LogP contribution in [-0.4, -0.2) is 41.9 Å². The standard InChI is InChI=1S/C17H24N2O/c1-15(2)13-17(20)19-10-6-9-18(11-12-19)14-16-7-4-3-5-8-16/h3-5,7-8,13H,6,9-12,14H2,1-2H3. The molecule has 0 spiro atoms. The predicted octanol–water partition coefficient (Wildman–Crippen LogP) is 2.69. The molecule has 20 heavy (non-hydrogen) atoms. The molecule has 0 radical (unpaired) electrons. The van der Waals surface area contributed by atoms with E-state index in [2.05, 4.69) is 29.2 Å². The van der Waals surface area contributed by atoms with Gasteiger partial charge in [0, 0.05) is 38.8 Å². The highest BCUT2D eigenvalue weighted by atomic mass is 16.2. The summed E-state index contributed by atoms with van der Waals surface area (Å²) in [7, 11) is 0. The molecule has 3 heteroatoms. The second-order valence-corrected chi connectivity index (χ2v) is 5.66. The highest BCUT2D eigenvalue weighted by Crippen LogP contribution is 2.09. The van der Waals surface area contributed by atoms with Gasteiger partial charge in [-0.25, -0.2) is 0 Å². The Morgan fingerprint density at radius 1 is 1.10 bits per heavy atom. The van der Waals surface area contributed by atoms with E-state index in [-0.39, 0.29) is 5.91 Å². The van der Waals surface area contributed by atoms with Crippen LogP contribution < -0.4 is 0 Å². The summed E-state index contributed by atoms with van der Waals surface area (Å²) in [6.45, 7) is 8.63. The first-order valence-electron chi connectivity index (χ1n) is 7.35. The fourth-order valence-corrected chi connectivity index (χ4v) is 2.53. The van der Waals surface area contributed by atoms with Gasteiger partial charge in [0.1, 0.15) is 0 Å². The molecular formula is C17H24N2O. The third-order valence-corrected chi connectivity index (χ3v) is 3.56. The van der Waals surface area contributed by atoms with Gasteiger partial charge >= 0.3 is 0 Å². The highest BCUT2D eigenvalue weighted by Gasteiger charge is 2.17. The van der Waals surface area contributed by atoms with E-state index in [0.29, 0.717) is 0 Å². The van der Waals surface area contributed by atoms with Crippen molar-refractivity contribution in [3.63, 3.8) is 0 Å². The van der Waals surface area contributed by atoms with Crippen molar-refractivity contribution in [2.45, 2.75) is 26.8 Å². The second kappa shape index (κ2) is 7.25. The third-order valence-electron chi connectivity index (χ3n) is 3.56. The SMILES string of the molecule is CC(C)=CC(=O)N1CCCN(Cc2ccccc2)CC1. The number of carbonyl (C=O) groups excluding carboxylic acids is 1. The van der Waals surface area contributed by atoms with Crippen LogP contribution in [0.5, 0.6) is 0 Å². The molecule has 0 atom stereocenters. The molecule has 0 bridgehead atoms. The number of nitrogens with zero attached hydrogens (tertiary/aromatic N) is 2. The van der Waals surface area contributed by atoms with E-state index in [1.807, 2.05) is 24.8 Å². The first-order valence-corrected chi connectivity index (χ1v) is 7.35. The summed E-state index contributed by atoms with van der Waals surface area (Å²) in [6.07, 6.45) is 2.79. The van der Waals surface area contributed by atoms with Gasteiger partial charge < -0.3 is 4.90 Å². The summed E-state index contributed by atoms with van der Waals surface area (Å²) in [4.78, 5) is 16.5. The van der Waals surface area contributed by atoms with E-state index in [4.69, 9.17) is 0 Å².